The molecule has 0 saturated heterocycles. The number of carbonyl (C=O) groups excluding carboxylic acids is 2. The number of allylic oxidation sites excluding steroid dienone is 1. The van der Waals surface area contributed by atoms with Gasteiger partial charge in [0.2, 0.25) is 5.13 Å². The molecule has 6 nitrogen and oxygen atoms in total. The van der Waals surface area contributed by atoms with Crippen molar-refractivity contribution in [3.63, 3.8) is 0 Å². The molecule has 2 aromatic carbocycles. The van der Waals surface area contributed by atoms with Crippen LogP contribution in [0.15, 0.2) is 72.0 Å². The fourth-order valence-electron chi connectivity index (χ4n) is 3.74. The lowest BCUT2D eigenvalue weighted by atomic mass is 9.85. The van der Waals surface area contributed by atoms with Gasteiger partial charge in [0.15, 0.2) is 11.5 Å². The summed E-state index contributed by atoms with van der Waals surface area (Å²) >= 11 is 1.24. The highest BCUT2D eigenvalue weighted by Crippen LogP contribution is 2.42. The Morgan fingerprint density at radius 3 is 2.30 bits per heavy atom. The van der Waals surface area contributed by atoms with Crippen molar-refractivity contribution in [2.75, 3.05) is 4.90 Å². The summed E-state index contributed by atoms with van der Waals surface area (Å²) in [6.07, 6.45) is 3.06. The number of nitrogens with zero attached hydrogens (tertiary/aromatic N) is 3. The number of hydrogen-bond donors (Lipinski definition) is 1. The molecule has 0 fully saturated rings. The molecule has 1 aliphatic heterocycles. The third-order valence-corrected chi connectivity index (χ3v) is 6.35. The zero-order valence-corrected chi connectivity index (χ0v) is 19.8. The number of amides is 1. The molecule has 2 heterocycles. The first-order valence-electron chi connectivity index (χ1n) is 10.6. The van der Waals surface area contributed by atoms with Gasteiger partial charge in [-0.05, 0) is 35.1 Å². The summed E-state index contributed by atoms with van der Waals surface area (Å²) in [7, 11) is 0. The Morgan fingerprint density at radius 1 is 1.06 bits per heavy atom. The molecule has 0 spiro atoms. The smallest absolute Gasteiger partial charge is 0.296 e. The molecule has 1 N–H and O–H groups in total. The average molecular weight is 460 g/mol. The maximum atomic E-state index is 13.3. The van der Waals surface area contributed by atoms with E-state index in [0.717, 1.165) is 11.1 Å². The number of rotatable bonds is 5. The third kappa shape index (κ3) is 4.50. The highest BCUT2D eigenvalue weighted by molar-refractivity contribution is 7.15. The third-order valence-electron chi connectivity index (χ3n) is 5.51. The maximum absolute atomic E-state index is 13.3. The summed E-state index contributed by atoms with van der Waals surface area (Å²) in [4.78, 5) is 27.7. The Morgan fingerprint density at radius 2 is 1.73 bits per heavy atom. The van der Waals surface area contributed by atoms with Crippen LogP contribution in [0.2, 0.25) is 0 Å². The van der Waals surface area contributed by atoms with Crippen LogP contribution in [0.5, 0.6) is 0 Å². The van der Waals surface area contributed by atoms with Gasteiger partial charge in [-0.2, -0.15) is 0 Å². The quantitative estimate of drug-likeness (QED) is 0.522. The first-order valence-corrected chi connectivity index (χ1v) is 11.4. The molecule has 1 aromatic heterocycles. The van der Waals surface area contributed by atoms with Crippen LogP contribution in [-0.4, -0.2) is 27.0 Å². The number of anilines is 1. The topological polar surface area (TPSA) is 83.4 Å². The minimum absolute atomic E-state index is 0.0311. The molecule has 3 aromatic rings. The van der Waals surface area contributed by atoms with Gasteiger partial charge in [-0.15, -0.1) is 10.2 Å². The van der Waals surface area contributed by atoms with Crippen LogP contribution in [0.25, 0.3) is 6.08 Å². The van der Waals surface area contributed by atoms with E-state index in [4.69, 9.17) is 0 Å². The van der Waals surface area contributed by atoms with Crippen molar-refractivity contribution in [1.82, 2.24) is 10.2 Å². The Balaban J connectivity index is 1.78. The minimum Gasteiger partial charge on any atom is -0.503 e. The maximum Gasteiger partial charge on any atom is 0.296 e. The van der Waals surface area contributed by atoms with Crippen LogP contribution < -0.4 is 4.90 Å². The van der Waals surface area contributed by atoms with Gasteiger partial charge in [0.05, 0.1) is 11.6 Å². The van der Waals surface area contributed by atoms with Crippen LogP contribution in [-0.2, 0) is 15.0 Å². The molecule has 1 unspecified atom stereocenters. The first-order chi connectivity index (χ1) is 15.7. The van der Waals surface area contributed by atoms with Gasteiger partial charge in [-0.3, -0.25) is 14.5 Å². The van der Waals surface area contributed by atoms with E-state index in [1.165, 1.54) is 22.3 Å². The number of ketones is 1. The van der Waals surface area contributed by atoms with E-state index in [2.05, 4.69) is 31.0 Å². The molecular formula is C26H25N3O3S. The number of benzene rings is 2. The largest absolute Gasteiger partial charge is 0.503 e. The van der Waals surface area contributed by atoms with Crippen LogP contribution >= 0.6 is 11.3 Å². The molecule has 1 atom stereocenters. The molecule has 0 radical (unpaired) electrons. The van der Waals surface area contributed by atoms with Gasteiger partial charge in [0, 0.05) is 0 Å². The van der Waals surface area contributed by atoms with Crippen molar-refractivity contribution in [1.29, 1.82) is 0 Å². The molecule has 7 heteroatoms. The van der Waals surface area contributed by atoms with E-state index in [9.17, 15) is 14.7 Å². The predicted octanol–water partition coefficient (Wildman–Crippen LogP) is 5.33. The zero-order chi connectivity index (χ0) is 23.8. The number of carbonyl (C=O) groups is 2. The molecule has 168 valence electrons. The molecular weight excluding hydrogens is 434 g/mol. The van der Waals surface area contributed by atoms with Gasteiger partial charge in [-0.25, -0.2) is 0 Å². The van der Waals surface area contributed by atoms with Crippen molar-refractivity contribution in [3.8, 4) is 0 Å². The average Bonchev–Trinajstić information content (AvgIpc) is 3.33. The number of aryl methyl sites for hydroxylation is 1. The van der Waals surface area contributed by atoms with E-state index in [1.54, 1.807) is 13.0 Å². The van der Waals surface area contributed by atoms with Crippen LogP contribution in [0.3, 0.4) is 0 Å². The van der Waals surface area contributed by atoms with E-state index in [-0.39, 0.29) is 11.0 Å². The summed E-state index contributed by atoms with van der Waals surface area (Å²) in [5.41, 5.74) is 2.67. The Hall–Kier alpha value is -3.58. The monoisotopic (exact) mass is 459 g/mol. The lowest BCUT2D eigenvalue weighted by Crippen LogP contribution is -2.31. The van der Waals surface area contributed by atoms with E-state index in [0.29, 0.717) is 15.7 Å². The molecule has 4 rings (SSSR count). The Bertz CT molecular complexity index is 1250. The van der Waals surface area contributed by atoms with Gasteiger partial charge >= 0.3 is 0 Å². The highest BCUT2D eigenvalue weighted by atomic mass is 32.1. The molecule has 0 aliphatic carbocycles. The van der Waals surface area contributed by atoms with Crippen molar-refractivity contribution in [3.05, 3.63) is 93.7 Å². The van der Waals surface area contributed by atoms with Crippen molar-refractivity contribution < 1.29 is 14.7 Å². The standard InChI is InChI=1S/C26H25N3O3S/c1-16-27-28-25(33-16)29-22(18-11-13-19(14-12-18)26(2,3)4)21(23(31)24(29)32)20(30)15-10-17-8-6-5-7-9-17/h5-15,22,31H,1-4H3/b15-10+. The summed E-state index contributed by atoms with van der Waals surface area (Å²) < 4.78 is 0. The van der Waals surface area contributed by atoms with Crippen LogP contribution in [0.4, 0.5) is 5.13 Å². The minimum atomic E-state index is -0.799. The van der Waals surface area contributed by atoms with Gasteiger partial charge in [0.25, 0.3) is 5.91 Å². The predicted molar refractivity (Wildman–Crippen MR) is 130 cm³/mol. The summed E-state index contributed by atoms with van der Waals surface area (Å²) in [6.45, 7) is 8.14. The number of aliphatic hydroxyl groups excluding tert-OH is 1. The zero-order valence-electron chi connectivity index (χ0n) is 18.9. The Kier molecular flexibility index (Phi) is 5.99. The van der Waals surface area contributed by atoms with Crippen molar-refractivity contribution in [2.45, 2.75) is 39.2 Å². The second-order valence-electron chi connectivity index (χ2n) is 8.92. The molecule has 1 aliphatic rings. The van der Waals surface area contributed by atoms with Crippen LogP contribution in [0.1, 0.15) is 48.5 Å². The number of hydrogen-bond acceptors (Lipinski definition) is 6. The van der Waals surface area contributed by atoms with Crippen molar-refractivity contribution >= 4 is 34.2 Å². The fourth-order valence-corrected chi connectivity index (χ4v) is 4.46. The summed E-state index contributed by atoms with van der Waals surface area (Å²) in [5.74, 6) is -1.65. The van der Waals surface area contributed by atoms with E-state index in [1.807, 2.05) is 54.6 Å². The van der Waals surface area contributed by atoms with E-state index >= 15 is 0 Å². The SMILES string of the molecule is Cc1nnc(N2C(=O)C(O)=C(C(=O)/C=C/c3ccccc3)C2c2ccc(C(C)(C)C)cc2)s1. The van der Waals surface area contributed by atoms with Crippen molar-refractivity contribution in [2.24, 2.45) is 0 Å². The second-order valence-corrected chi connectivity index (χ2v) is 10.1. The lowest BCUT2D eigenvalue weighted by Gasteiger charge is -2.25. The normalized spacial score (nSPS) is 16.8. The van der Waals surface area contributed by atoms with Gasteiger partial charge in [0.1, 0.15) is 5.01 Å². The molecule has 0 saturated carbocycles. The molecule has 33 heavy (non-hydrogen) atoms. The fraction of sp³-hybridized carbons (Fsp3) is 0.231. The lowest BCUT2D eigenvalue weighted by molar-refractivity contribution is -0.117. The van der Waals surface area contributed by atoms with E-state index < -0.39 is 23.5 Å². The summed E-state index contributed by atoms with van der Waals surface area (Å²) in [5, 5.41) is 19.9. The number of aromatic nitrogens is 2. The summed E-state index contributed by atoms with van der Waals surface area (Å²) in [6, 6.07) is 16.3. The molecule has 1 amide bonds. The molecule has 0 bridgehead atoms. The highest BCUT2D eigenvalue weighted by Gasteiger charge is 2.45. The van der Waals surface area contributed by atoms with Gasteiger partial charge in [-0.1, -0.05) is 92.8 Å². The second kappa shape index (κ2) is 8.75. The van der Waals surface area contributed by atoms with Crippen LogP contribution in [0, 0.1) is 6.92 Å². The first kappa shape index (κ1) is 22.6. The van der Waals surface area contributed by atoms with Gasteiger partial charge < -0.3 is 5.11 Å². The number of aliphatic hydroxyl groups is 1. The Labute approximate surface area is 196 Å².